The quantitative estimate of drug-likeness (QED) is 0.485. The van der Waals surface area contributed by atoms with Crippen LogP contribution < -0.4 is 5.32 Å². The van der Waals surface area contributed by atoms with Gasteiger partial charge in [-0.3, -0.25) is 4.68 Å². The highest BCUT2D eigenvalue weighted by atomic mass is 15.3. The van der Waals surface area contributed by atoms with Crippen LogP contribution in [-0.2, 0) is 6.54 Å². The largest absolute Gasteiger partial charge is 0.303 e. The Labute approximate surface area is 65.4 Å². The van der Waals surface area contributed by atoms with Gasteiger partial charge in [-0.1, -0.05) is 0 Å². The summed E-state index contributed by atoms with van der Waals surface area (Å²) in [5.41, 5.74) is 0. The number of hydrogen-bond donors (Lipinski definition) is 1. The van der Waals surface area contributed by atoms with Crippen molar-refractivity contribution in [3.05, 3.63) is 18.5 Å². The first-order valence-electron chi connectivity index (χ1n) is 3.48. The molecule has 0 fully saturated rings. The molecule has 0 saturated heterocycles. The van der Waals surface area contributed by atoms with Gasteiger partial charge in [-0.2, -0.15) is 10.4 Å². The molecule has 0 aromatic carbocycles. The Morgan fingerprint density at radius 3 is 3.18 bits per heavy atom. The Morgan fingerprint density at radius 2 is 2.55 bits per heavy atom. The number of nitrogens with zero attached hydrogens (tertiary/aromatic N) is 3. The lowest BCUT2D eigenvalue weighted by Gasteiger charge is -1.99. The summed E-state index contributed by atoms with van der Waals surface area (Å²) < 4.78 is 1.82. The molecule has 0 bridgehead atoms. The molecule has 58 valence electrons. The third kappa shape index (κ3) is 2.83. The Balaban J connectivity index is 2.10. The molecule has 0 amide bonds. The second-order valence-electron chi connectivity index (χ2n) is 2.10. The van der Waals surface area contributed by atoms with E-state index in [9.17, 15) is 0 Å². The first kappa shape index (κ1) is 7.76. The van der Waals surface area contributed by atoms with E-state index in [4.69, 9.17) is 5.26 Å². The van der Waals surface area contributed by atoms with Crippen LogP contribution in [0.3, 0.4) is 0 Å². The first-order chi connectivity index (χ1) is 5.43. The molecule has 4 nitrogen and oxygen atoms in total. The molecule has 1 heterocycles. The molecule has 0 aliphatic rings. The molecule has 1 aromatic rings. The summed E-state index contributed by atoms with van der Waals surface area (Å²) in [6.45, 7) is 2.01. The van der Waals surface area contributed by atoms with Crippen molar-refractivity contribution in [2.45, 2.75) is 6.54 Å². The molecule has 4 heteroatoms. The Kier molecular flexibility index (Phi) is 3.16. The minimum atomic E-state index is 0.404. The third-order valence-corrected chi connectivity index (χ3v) is 1.28. The molecule has 0 atom stereocenters. The van der Waals surface area contributed by atoms with Gasteiger partial charge in [-0.15, -0.1) is 0 Å². The van der Waals surface area contributed by atoms with E-state index in [1.165, 1.54) is 0 Å². The van der Waals surface area contributed by atoms with Gasteiger partial charge in [0, 0.05) is 18.9 Å². The molecular weight excluding hydrogens is 140 g/mol. The number of aromatic nitrogens is 2. The summed E-state index contributed by atoms with van der Waals surface area (Å²) in [6.07, 6.45) is 3.64. The average Bonchev–Trinajstić information content (AvgIpc) is 2.50. The zero-order valence-electron chi connectivity index (χ0n) is 6.20. The Morgan fingerprint density at radius 1 is 1.64 bits per heavy atom. The van der Waals surface area contributed by atoms with Crippen molar-refractivity contribution in [1.82, 2.24) is 15.1 Å². The van der Waals surface area contributed by atoms with Crippen LogP contribution >= 0.6 is 0 Å². The lowest BCUT2D eigenvalue weighted by Crippen LogP contribution is -2.20. The summed E-state index contributed by atoms with van der Waals surface area (Å²) in [5, 5.41) is 15.1. The molecule has 0 aliphatic heterocycles. The summed E-state index contributed by atoms with van der Waals surface area (Å²) in [7, 11) is 0. The highest BCUT2D eigenvalue weighted by molar-refractivity contribution is 4.78. The molecule has 11 heavy (non-hydrogen) atoms. The lowest BCUT2D eigenvalue weighted by atomic mass is 10.6. The van der Waals surface area contributed by atoms with Crippen molar-refractivity contribution in [1.29, 1.82) is 5.26 Å². The van der Waals surface area contributed by atoms with Crippen LogP contribution in [0, 0.1) is 11.3 Å². The van der Waals surface area contributed by atoms with Gasteiger partial charge >= 0.3 is 0 Å². The fraction of sp³-hybridized carbons (Fsp3) is 0.429. The predicted molar refractivity (Wildman–Crippen MR) is 40.7 cm³/mol. The van der Waals surface area contributed by atoms with Crippen LogP contribution in [0.2, 0.25) is 0 Å². The number of nitrogens with one attached hydrogen (secondary N) is 1. The molecule has 0 saturated carbocycles. The normalized spacial score (nSPS) is 9.36. The standard InChI is InChI=1S/C7H10N4/c8-2-4-9-5-7-11-6-1-3-10-11/h1,3,6,9H,4-5,7H2. The van der Waals surface area contributed by atoms with E-state index in [-0.39, 0.29) is 0 Å². The Bertz CT molecular complexity index is 221. The number of nitriles is 1. The fourth-order valence-corrected chi connectivity index (χ4v) is 0.771. The van der Waals surface area contributed by atoms with Gasteiger partial charge in [0.05, 0.1) is 19.2 Å². The number of rotatable bonds is 4. The van der Waals surface area contributed by atoms with E-state index in [0.717, 1.165) is 13.1 Å². The van der Waals surface area contributed by atoms with Crippen LogP contribution in [0.25, 0.3) is 0 Å². The summed E-state index contributed by atoms with van der Waals surface area (Å²) in [4.78, 5) is 0. The molecule has 0 unspecified atom stereocenters. The van der Waals surface area contributed by atoms with E-state index in [2.05, 4.69) is 10.4 Å². The maximum atomic E-state index is 8.19. The van der Waals surface area contributed by atoms with Gasteiger partial charge < -0.3 is 5.32 Å². The Hall–Kier alpha value is -1.34. The molecule has 0 aliphatic carbocycles. The maximum Gasteiger partial charge on any atom is 0.0841 e. The topological polar surface area (TPSA) is 53.6 Å². The monoisotopic (exact) mass is 150 g/mol. The highest BCUT2D eigenvalue weighted by Crippen LogP contribution is 1.81. The van der Waals surface area contributed by atoms with Crippen molar-refractivity contribution in [3.63, 3.8) is 0 Å². The van der Waals surface area contributed by atoms with Crippen molar-refractivity contribution in [2.24, 2.45) is 0 Å². The molecule has 1 rings (SSSR count). The SMILES string of the molecule is N#CCNCCn1cccn1. The highest BCUT2D eigenvalue weighted by Gasteiger charge is 1.87. The van der Waals surface area contributed by atoms with Crippen LogP contribution in [0.1, 0.15) is 0 Å². The van der Waals surface area contributed by atoms with Crippen LogP contribution in [-0.4, -0.2) is 22.9 Å². The van der Waals surface area contributed by atoms with E-state index < -0.39 is 0 Å². The maximum absolute atomic E-state index is 8.19. The van der Waals surface area contributed by atoms with Crippen molar-refractivity contribution in [3.8, 4) is 6.07 Å². The van der Waals surface area contributed by atoms with Crippen LogP contribution in [0.5, 0.6) is 0 Å². The second-order valence-corrected chi connectivity index (χ2v) is 2.10. The van der Waals surface area contributed by atoms with Gasteiger partial charge in [0.2, 0.25) is 0 Å². The number of hydrogen-bond acceptors (Lipinski definition) is 3. The smallest absolute Gasteiger partial charge is 0.0841 e. The molecule has 1 N–H and O–H groups in total. The molecule has 0 spiro atoms. The van der Waals surface area contributed by atoms with Crippen molar-refractivity contribution in [2.75, 3.05) is 13.1 Å². The zero-order valence-corrected chi connectivity index (χ0v) is 6.20. The predicted octanol–water partition coefficient (Wildman–Crippen LogP) is -0.00372. The average molecular weight is 150 g/mol. The van der Waals surface area contributed by atoms with Gasteiger partial charge in [0.15, 0.2) is 0 Å². The zero-order chi connectivity index (χ0) is 7.94. The first-order valence-corrected chi connectivity index (χ1v) is 3.48. The van der Waals surface area contributed by atoms with Crippen molar-refractivity contribution >= 4 is 0 Å². The second kappa shape index (κ2) is 4.47. The summed E-state index contributed by atoms with van der Waals surface area (Å²) >= 11 is 0. The lowest BCUT2D eigenvalue weighted by molar-refractivity contribution is 0.574. The molecule has 1 aromatic heterocycles. The molecular formula is C7H10N4. The van der Waals surface area contributed by atoms with Gasteiger partial charge in [0.25, 0.3) is 0 Å². The molecule has 0 radical (unpaired) electrons. The third-order valence-electron chi connectivity index (χ3n) is 1.28. The van der Waals surface area contributed by atoms with Crippen molar-refractivity contribution < 1.29 is 0 Å². The summed E-state index contributed by atoms with van der Waals surface area (Å²) in [5.74, 6) is 0. The summed E-state index contributed by atoms with van der Waals surface area (Å²) in [6, 6.07) is 3.89. The van der Waals surface area contributed by atoms with E-state index in [0.29, 0.717) is 6.54 Å². The van der Waals surface area contributed by atoms with Gasteiger partial charge in [-0.05, 0) is 6.07 Å². The van der Waals surface area contributed by atoms with Gasteiger partial charge in [-0.25, -0.2) is 0 Å². The van der Waals surface area contributed by atoms with E-state index >= 15 is 0 Å². The van der Waals surface area contributed by atoms with Gasteiger partial charge in [0.1, 0.15) is 0 Å². The minimum absolute atomic E-state index is 0.404. The van der Waals surface area contributed by atoms with Crippen LogP contribution in [0.15, 0.2) is 18.5 Å². The van der Waals surface area contributed by atoms with E-state index in [1.807, 2.05) is 23.0 Å². The minimum Gasteiger partial charge on any atom is -0.303 e. The van der Waals surface area contributed by atoms with Crippen LogP contribution in [0.4, 0.5) is 0 Å². The fourth-order valence-electron chi connectivity index (χ4n) is 0.771. The van der Waals surface area contributed by atoms with E-state index in [1.54, 1.807) is 6.20 Å².